The fraction of sp³-hybridized carbons (Fsp3) is 0. The van der Waals surface area contributed by atoms with Crippen molar-refractivity contribution >= 4 is 0 Å². The Morgan fingerprint density at radius 3 is 1.50 bits per heavy atom. The predicted octanol–water partition coefficient (Wildman–Crippen LogP) is 5.50. The zero-order valence-corrected chi connectivity index (χ0v) is 13.3. The average Bonchev–Trinajstić information content (AvgIpc) is 2.71. The second-order valence-corrected chi connectivity index (χ2v) is 5.18. The lowest BCUT2D eigenvalue weighted by Crippen LogP contribution is -1.82. The summed E-state index contributed by atoms with van der Waals surface area (Å²) in [6.07, 6.45) is 5.32. The molecule has 24 heavy (non-hydrogen) atoms. The summed E-state index contributed by atoms with van der Waals surface area (Å²) in [5.41, 5.74) is 4.63. The normalized spacial score (nSPS) is 9.67. The molecule has 4 aromatic rings. The van der Waals surface area contributed by atoms with Gasteiger partial charge in [0, 0.05) is 24.2 Å². The summed E-state index contributed by atoms with van der Waals surface area (Å²) in [5, 5.41) is 0. The maximum atomic E-state index is 4.35. The lowest BCUT2D eigenvalue weighted by Gasteiger charge is -2.04. The Morgan fingerprint density at radius 2 is 0.958 bits per heavy atom. The SMILES string of the molecule is c1ccc(-c2ccc(-c3ccccn3)cc2)cc1.c1ccncc1. The van der Waals surface area contributed by atoms with Crippen LogP contribution < -0.4 is 0 Å². The number of rotatable bonds is 2. The minimum Gasteiger partial charge on any atom is -0.265 e. The Labute approximate surface area is 142 Å². The second-order valence-electron chi connectivity index (χ2n) is 5.18. The molecule has 2 heteroatoms. The van der Waals surface area contributed by atoms with E-state index in [4.69, 9.17) is 0 Å². The van der Waals surface area contributed by atoms with Crippen LogP contribution in [0.25, 0.3) is 22.4 Å². The summed E-state index contributed by atoms with van der Waals surface area (Å²) in [5.74, 6) is 0. The fourth-order valence-corrected chi connectivity index (χ4v) is 2.31. The minimum atomic E-state index is 1.01. The Kier molecular flexibility index (Phi) is 5.47. The van der Waals surface area contributed by atoms with Gasteiger partial charge in [-0.05, 0) is 35.4 Å². The van der Waals surface area contributed by atoms with Gasteiger partial charge >= 0.3 is 0 Å². The van der Waals surface area contributed by atoms with Crippen molar-refractivity contribution in [1.82, 2.24) is 9.97 Å². The zero-order valence-electron chi connectivity index (χ0n) is 13.3. The van der Waals surface area contributed by atoms with Crippen LogP contribution in [0, 0.1) is 0 Å². The first kappa shape index (κ1) is 15.6. The summed E-state index contributed by atoms with van der Waals surface area (Å²) >= 11 is 0. The highest BCUT2D eigenvalue weighted by Gasteiger charge is 1.99. The van der Waals surface area contributed by atoms with Crippen LogP contribution in [0.1, 0.15) is 0 Å². The van der Waals surface area contributed by atoms with Crippen LogP contribution in [0.5, 0.6) is 0 Å². The number of nitrogens with zero attached hydrogens (tertiary/aromatic N) is 2. The van der Waals surface area contributed by atoms with E-state index >= 15 is 0 Å². The number of hydrogen-bond donors (Lipinski definition) is 0. The van der Waals surface area contributed by atoms with Crippen LogP contribution in [-0.4, -0.2) is 9.97 Å². The maximum absolute atomic E-state index is 4.35. The molecule has 2 aromatic heterocycles. The maximum Gasteiger partial charge on any atom is 0.0701 e. The van der Waals surface area contributed by atoms with Crippen molar-refractivity contribution in [2.45, 2.75) is 0 Å². The molecule has 0 aliphatic heterocycles. The Balaban J connectivity index is 0.000000238. The molecule has 2 aromatic carbocycles. The number of aromatic nitrogens is 2. The van der Waals surface area contributed by atoms with E-state index < -0.39 is 0 Å². The van der Waals surface area contributed by atoms with E-state index in [-0.39, 0.29) is 0 Å². The molecule has 116 valence electrons. The summed E-state index contributed by atoms with van der Waals surface area (Å²) in [4.78, 5) is 8.14. The van der Waals surface area contributed by atoms with Gasteiger partial charge in [0.2, 0.25) is 0 Å². The number of benzene rings is 2. The van der Waals surface area contributed by atoms with Crippen molar-refractivity contribution in [2.24, 2.45) is 0 Å². The van der Waals surface area contributed by atoms with Crippen molar-refractivity contribution in [3.8, 4) is 22.4 Å². The van der Waals surface area contributed by atoms with Gasteiger partial charge in [-0.1, -0.05) is 66.7 Å². The van der Waals surface area contributed by atoms with Crippen LogP contribution in [0.2, 0.25) is 0 Å². The van der Waals surface area contributed by atoms with Crippen molar-refractivity contribution in [2.75, 3.05) is 0 Å². The van der Waals surface area contributed by atoms with Crippen LogP contribution in [0.3, 0.4) is 0 Å². The van der Waals surface area contributed by atoms with E-state index in [1.807, 2.05) is 48.7 Å². The first-order chi connectivity index (χ1) is 11.9. The quantitative estimate of drug-likeness (QED) is 0.489. The zero-order chi connectivity index (χ0) is 16.5. The van der Waals surface area contributed by atoms with E-state index in [0.29, 0.717) is 0 Å². The monoisotopic (exact) mass is 310 g/mol. The van der Waals surface area contributed by atoms with E-state index in [1.165, 1.54) is 11.1 Å². The highest BCUT2D eigenvalue weighted by Crippen LogP contribution is 2.23. The van der Waals surface area contributed by atoms with Crippen molar-refractivity contribution in [3.05, 3.63) is 110 Å². The third-order valence-corrected chi connectivity index (χ3v) is 3.52. The highest BCUT2D eigenvalue weighted by atomic mass is 14.7. The van der Waals surface area contributed by atoms with E-state index in [9.17, 15) is 0 Å². The molecule has 0 amide bonds. The molecule has 2 heterocycles. The molecular formula is C22H18N2. The van der Waals surface area contributed by atoms with Crippen molar-refractivity contribution in [3.63, 3.8) is 0 Å². The molecule has 4 rings (SSSR count). The smallest absolute Gasteiger partial charge is 0.0701 e. The van der Waals surface area contributed by atoms with Gasteiger partial charge in [0.1, 0.15) is 0 Å². The van der Waals surface area contributed by atoms with Gasteiger partial charge in [-0.2, -0.15) is 0 Å². The van der Waals surface area contributed by atoms with Crippen molar-refractivity contribution in [1.29, 1.82) is 0 Å². The van der Waals surface area contributed by atoms with E-state index in [2.05, 4.69) is 58.5 Å². The molecule has 0 fully saturated rings. The third kappa shape index (κ3) is 4.37. The molecule has 0 saturated carbocycles. The first-order valence-corrected chi connectivity index (χ1v) is 7.85. The molecule has 0 radical (unpaired) electrons. The molecule has 0 aliphatic carbocycles. The molecule has 0 aliphatic rings. The molecular weight excluding hydrogens is 292 g/mol. The van der Waals surface area contributed by atoms with Crippen molar-refractivity contribution < 1.29 is 0 Å². The standard InChI is InChI=1S/C17H13N.C5H5N/c1-2-6-14(7-3-1)15-9-11-16(12-10-15)17-8-4-5-13-18-17;1-2-4-6-5-3-1/h1-13H;1-5H. The molecule has 2 nitrogen and oxygen atoms in total. The third-order valence-electron chi connectivity index (χ3n) is 3.52. The average molecular weight is 310 g/mol. The Hall–Kier alpha value is -3.26. The minimum absolute atomic E-state index is 1.01. The van der Waals surface area contributed by atoms with Crippen LogP contribution in [0.4, 0.5) is 0 Å². The summed E-state index contributed by atoms with van der Waals surface area (Å²) in [7, 11) is 0. The Morgan fingerprint density at radius 1 is 0.417 bits per heavy atom. The lowest BCUT2D eigenvalue weighted by molar-refractivity contribution is 1.33. The fourth-order valence-electron chi connectivity index (χ4n) is 2.31. The Bertz CT molecular complexity index is 742. The molecule has 0 spiro atoms. The van der Waals surface area contributed by atoms with Gasteiger partial charge in [0.25, 0.3) is 0 Å². The summed E-state index contributed by atoms with van der Waals surface area (Å²) in [6.45, 7) is 0. The largest absolute Gasteiger partial charge is 0.265 e. The molecule has 0 unspecified atom stereocenters. The summed E-state index contributed by atoms with van der Waals surface area (Å²) < 4.78 is 0. The molecule has 0 atom stereocenters. The van der Waals surface area contributed by atoms with Gasteiger partial charge in [0.15, 0.2) is 0 Å². The van der Waals surface area contributed by atoms with Crippen LogP contribution in [-0.2, 0) is 0 Å². The van der Waals surface area contributed by atoms with Crippen LogP contribution in [0.15, 0.2) is 110 Å². The molecule has 0 N–H and O–H groups in total. The second kappa shape index (κ2) is 8.39. The predicted molar refractivity (Wildman–Crippen MR) is 99.3 cm³/mol. The van der Waals surface area contributed by atoms with Gasteiger partial charge in [-0.3, -0.25) is 9.97 Å². The summed E-state index contributed by atoms with van der Waals surface area (Å²) in [6, 6.07) is 30.6. The highest BCUT2D eigenvalue weighted by molar-refractivity contribution is 5.68. The molecule has 0 bridgehead atoms. The number of hydrogen-bond acceptors (Lipinski definition) is 2. The van der Waals surface area contributed by atoms with E-state index in [1.54, 1.807) is 12.4 Å². The molecule has 0 saturated heterocycles. The topological polar surface area (TPSA) is 25.8 Å². The van der Waals surface area contributed by atoms with Crippen LogP contribution >= 0.6 is 0 Å². The van der Waals surface area contributed by atoms with E-state index in [0.717, 1.165) is 11.3 Å². The van der Waals surface area contributed by atoms with Gasteiger partial charge in [-0.25, -0.2) is 0 Å². The van der Waals surface area contributed by atoms with Gasteiger partial charge < -0.3 is 0 Å². The lowest BCUT2D eigenvalue weighted by atomic mass is 10.0. The number of pyridine rings is 2. The van der Waals surface area contributed by atoms with Gasteiger partial charge in [-0.15, -0.1) is 0 Å². The first-order valence-electron chi connectivity index (χ1n) is 7.85. The van der Waals surface area contributed by atoms with Gasteiger partial charge in [0.05, 0.1) is 5.69 Å².